The van der Waals surface area contributed by atoms with Crippen LogP contribution in [0.5, 0.6) is 5.75 Å². The minimum absolute atomic E-state index is 0.0439. The predicted octanol–water partition coefficient (Wildman–Crippen LogP) is 3.79. The highest BCUT2D eigenvalue weighted by Gasteiger charge is 2.27. The lowest BCUT2D eigenvalue weighted by molar-refractivity contribution is 0.0803. The number of ether oxygens (including phenoxy) is 2. The SMILES string of the molecule is Cc1ccc2c(N3CCC[C@@H](NC(=O)O[C@H]4CCOC4)C3)nc(-c3ccccc3O)nc2c1. The number of aryl methyl sites for hydroxylation is 1. The first-order valence-electron chi connectivity index (χ1n) is 11.4. The molecule has 2 atom stereocenters. The molecule has 3 heterocycles. The van der Waals surface area contributed by atoms with Crippen LogP contribution in [0.25, 0.3) is 22.3 Å². The molecular formula is C25H28N4O4. The highest BCUT2D eigenvalue weighted by molar-refractivity contribution is 5.92. The maximum atomic E-state index is 12.4. The maximum Gasteiger partial charge on any atom is 0.407 e. The van der Waals surface area contributed by atoms with Gasteiger partial charge in [0, 0.05) is 30.9 Å². The zero-order chi connectivity index (χ0) is 22.8. The van der Waals surface area contributed by atoms with Gasteiger partial charge in [-0.05, 0) is 49.6 Å². The Morgan fingerprint density at radius 1 is 1.21 bits per heavy atom. The number of alkyl carbamates (subject to hydrolysis) is 1. The number of para-hydroxylation sites is 1. The molecule has 0 unspecified atom stereocenters. The van der Waals surface area contributed by atoms with Gasteiger partial charge < -0.3 is 24.8 Å². The van der Waals surface area contributed by atoms with Crippen LogP contribution in [0, 0.1) is 6.92 Å². The molecule has 0 spiro atoms. The molecule has 8 nitrogen and oxygen atoms in total. The number of phenols is 1. The number of phenolic OH excluding ortho intramolecular Hbond substituents is 1. The number of aromatic nitrogens is 2. The largest absolute Gasteiger partial charge is 0.507 e. The van der Waals surface area contributed by atoms with Crippen molar-refractivity contribution in [2.45, 2.75) is 38.3 Å². The van der Waals surface area contributed by atoms with E-state index in [2.05, 4.69) is 16.3 Å². The molecule has 172 valence electrons. The van der Waals surface area contributed by atoms with Crippen LogP contribution in [0.4, 0.5) is 10.6 Å². The molecule has 3 aromatic rings. The fraction of sp³-hybridized carbons (Fsp3) is 0.400. The van der Waals surface area contributed by atoms with Crippen molar-refractivity contribution in [2.24, 2.45) is 0 Å². The van der Waals surface area contributed by atoms with E-state index in [1.54, 1.807) is 12.1 Å². The molecule has 2 fully saturated rings. The van der Waals surface area contributed by atoms with Crippen LogP contribution in [0.15, 0.2) is 42.5 Å². The van der Waals surface area contributed by atoms with Crippen molar-refractivity contribution in [1.29, 1.82) is 0 Å². The number of carbonyl (C=O) groups is 1. The number of aromatic hydroxyl groups is 1. The lowest BCUT2D eigenvalue weighted by Gasteiger charge is -2.34. The van der Waals surface area contributed by atoms with Crippen LogP contribution >= 0.6 is 0 Å². The third kappa shape index (κ3) is 4.71. The van der Waals surface area contributed by atoms with Crippen LogP contribution in [0.2, 0.25) is 0 Å². The number of hydrogen-bond acceptors (Lipinski definition) is 7. The molecule has 0 saturated carbocycles. The summed E-state index contributed by atoms with van der Waals surface area (Å²) < 4.78 is 10.8. The number of benzene rings is 2. The van der Waals surface area contributed by atoms with Crippen molar-refractivity contribution in [1.82, 2.24) is 15.3 Å². The molecule has 2 aromatic carbocycles. The summed E-state index contributed by atoms with van der Waals surface area (Å²) in [6, 6.07) is 13.2. The summed E-state index contributed by atoms with van der Waals surface area (Å²) in [5, 5.41) is 14.4. The lowest BCUT2D eigenvalue weighted by atomic mass is 10.0. The monoisotopic (exact) mass is 448 g/mol. The molecule has 5 rings (SSSR count). The number of fused-ring (bicyclic) bond motifs is 1. The van der Waals surface area contributed by atoms with Crippen LogP contribution < -0.4 is 10.2 Å². The Balaban J connectivity index is 1.43. The van der Waals surface area contributed by atoms with Gasteiger partial charge in [0.15, 0.2) is 5.82 Å². The highest BCUT2D eigenvalue weighted by atomic mass is 16.6. The van der Waals surface area contributed by atoms with E-state index in [1.165, 1.54) is 0 Å². The molecule has 2 aliphatic heterocycles. The highest BCUT2D eigenvalue weighted by Crippen LogP contribution is 2.33. The Kier molecular flexibility index (Phi) is 6.00. The van der Waals surface area contributed by atoms with Crippen LogP contribution in [-0.4, -0.2) is 59.6 Å². The number of carbonyl (C=O) groups excluding carboxylic acids is 1. The Labute approximate surface area is 192 Å². The molecule has 0 aliphatic carbocycles. The van der Waals surface area contributed by atoms with E-state index >= 15 is 0 Å². The number of rotatable bonds is 4. The second kappa shape index (κ2) is 9.23. The summed E-state index contributed by atoms with van der Waals surface area (Å²) in [6.07, 6.45) is 1.98. The first kappa shape index (κ1) is 21.5. The Morgan fingerprint density at radius 3 is 2.91 bits per heavy atom. The van der Waals surface area contributed by atoms with Gasteiger partial charge in [0.1, 0.15) is 17.7 Å². The van der Waals surface area contributed by atoms with Crippen molar-refractivity contribution < 1.29 is 19.4 Å². The number of anilines is 1. The van der Waals surface area contributed by atoms with E-state index in [9.17, 15) is 9.90 Å². The minimum Gasteiger partial charge on any atom is -0.507 e. The van der Waals surface area contributed by atoms with Crippen molar-refractivity contribution in [3.8, 4) is 17.1 Å². The van der Waals surface area contributed by atoms with E-state index < -0.39 is 6.09 Å². The van der Waals surface area contributed by atoms with Gasteiger partial charge in [-0.1, -0.05) is 18.2 Å². The number of piperidine rings is 1. The quantitative estimate of drug-likeness (QED) is 0.627. The lowest BCUT2D eigenvalue weighted by Crippen LogP contribution is -2.48. The summed E-state index contributed by atoms with van der Waals surface area (Å²) in [4.78, 5) is 24.2. The molecule has 33 heavy (non-hydrogen) atoms. The van der Waals surface area contributed by atoms with Crippen LogP contribution in [0.3, 0.4) is 0 Å². The zero-order valence-electron chi connectivity index (χ0n) is 18.7. The van der Waals surface area contributed by atoms with E-state index in [-0.39, 0.29) is 17.9 Å². The molecule has 8 heteroatoms. The molecular weight excluding hydrogens is 420 g/mol. The molecule has 2 saturated heterocycles. The van der Waals surface area contributed by atoms with E-state index in [4.69, 9.17) is 19.4 Å². The summed E-state index contributed by atoms with van der Waals surface area (Å²) >= 11 is 0. The summed E-state index contributed by atoms with van der Waals surface area (Å²) in [6.45, 7) is 4.57. The van der Waals surface area contributed by atoms with Gasteiger partial charge in [-0.2, -0.15) is 0 Å². The van der Waals surface area contributed by atoms with Crippen LogP contribution in [-0.2, 0) is 9.47 Å². The first-order chi connectivity index (χ1) is 16.1. The zero-order valence-corrected chi connectivity index (χ0v) is 18.7. The van der Waals surface area contributed by atoms with Gasteiger partial charge in [-0.3, -0.25) is 0 Å². The van der Waals surface area contributed by atoms with Crippen molar-refractivity contribution in [3.63, 3.8) is 0 Å². The fourth-order valence-electron chi connectivity index (χ4n) is 4.49. The van der Waals surface area contributed by atoms with E-state index in [0.29, 0.717) is 31.1 Å². The van der Waals surface area contributed by atoms with Gasteiger partial charge in [-0.25, -0.2) is 14.8 Å². The third-order valence-electron chi connectivity index (χ3n) is 6.18. The van der Waals surface area contributed by atoms with Gasteiger partial charge in [-0.15, -0.1) is 0 Å². The Bertz CT molecular complexity index is 1160. The third-order valence-corrected chi connectivity index (χ3v) is 6.18. The van der Waals surface area contributed by atoms with Crippen LogP contribution in [0.1, 0.15) is 24.8 Å². The molecule has 1 aromatic heterocycles. The normalized spacial score (nSPS) is 20.7. The van der Waals surface area contributed by atoms with Gasteiger partial charge in [0.05, 0.1) is 24.3 Å². The first-order valence-corrected chi connectivity index (χ1v) is 11.4. The van der Waals surface area contributed by atoms with E-state index in [1.807, 2.05) is 31.2 Å². The average Bonchev–Trinajstić information content (AvgIpc) is 3.31. The van der Waals surface area contributed by atoms with E-state index in [0.717, 1.165) is 48.1 Å². The minimum atomic E-state index is -0.393. The van der Waals surface area contributed by atoms with Crippen molar-refractivity contribution in [3.05, 3.63) is 48.0 Å². The molecule has 1 amide bonds. The Morgan fingerprint density at radius 2 is 2.09 bits per heavy atom. The number of nitrogens with zero attached hydrogens (tertiary/aromatic N) is 3. The number of amides is 1. The number of nitrogens with one attached hydrogen (secondary N) is 1. The molecule has 2 N–H and O–H groups in total. The summed E-state index contributed by atoms with van der Waals surface area (Å²) in [5.41, 5.74) is 2.53. The van der Waals surface area contributed by atoms with Gasteiger partial charge in [0.25, 0.3) is 0 Å². The van der Waals surface area contributed by atoms with Gasteiger partial charge >= 0.3 is 6.09 Å². The van der Waals surface area contributed by atoms with Crippen molar-refractivity contribution >= 4 is 22.8 Å². The van der Waals surface area contributed by atoms with Gasteiger partial charge in [0.2, 0.25) is 0 Å². The standard InChI is InChI=1S/C25H28N4O4/c1-16-8-9-19-21(13-16)27-23(20-6-2-3-7-22(20)30)28-24(19)29-11-4-5-17(14-29)26-25(31)33-18-10-12-32-15-18/h2-3,6-9,13,17-18,30H,4-5,10-12,14-15H2,1H3,(H,26,31)/t17-,18+/m1/s1. The second-order valence-corrected chi connectivity index (χ2v) is 8.73. The van der Waals surface area contributed by atoms with Crippen molar-refractivity contribution in [2.75, 3.05) is 31.2 Å². The summed E-state index contributed by atoms with van der Waals surface area (Å²) in [7, 11) is 0. The smallest absolute Gasteiger partial charge is 0.407 e. The molecule has 0 radical (unpaired) electrons. The molecule has 0 bridgehead atoms. The summed E-state index contributed by atoms with van der Waals surface area (Å²) in [5.74, 6) is 1.44. The average molecular weight is 449 g/mol. The topological polar surface area (TPSA) is 96.8 Å². The maximum absolute atomic E-state index is 12.4. The second-order valence-electron chi connectivity index (χ2n) is 8.73. The molecule has 2 aliphatic rings. The Hall–Kier alpha value is -3.39. The predicted molar refractivity (Wildman–Crippen MR) is 125 cm³/mol. The number of hydrogen-bond donors (Lipinski definition) is 2. The fourth-order valence-corrected chi connectivity index (χ4v) is 4.49.